The molecule has 3 rings (SSSR count). The van der Waals surface area contributed by atoms with Gasteiger partial charge in [-0.3, -0.25) is 0 Å². The molecule has 1 aliphatic rings. The molecule has 0 bridgehead atoms. The number of nitrogens with two attached hydrogens (primary N) is 1. The number of hydrogen-bond acceptors (Lipinski definition) is 4. The zero-order valence-electron chi connectivity index (χ0n) is 8.11. The third-order valence-corrected chi connectivity index (χ3v) is 2.69. The van der Waals surface area contributed by atoms with Crippen LogP contribution in [0.4, 0.5) is 0 Å². The Bertz CT molecular complexity index is 447. The van der Waals surface area contributed by atoms with E-state index in [0.717, 1.165) is 12.2 Å². The van der Waals surface area contributed by atoms with Gasteiger partial charge in [-0.05, 0) is 18.1 Å². The summed E-state index contributed by atoms with van der Waals surface area (Å²) in [5.41, 5.74) is 6.99. The van der Waals surface area contributed by atoms with Crippen LogP contribution in [0, 0.1) is 0 Å². The maximum absolute atomic E-state index is 5.78. The zero-order valence-corrected chi connectivity index (χ0v) is 8.11. The van der Waals surface area contributed by atoms with Crippen molar-refractivity contribution < 1.29 is 0 Å². The van der Waals surface area contributed by atoms with Gasteiger partial charge in [-0.15, -0.1) is 0 Å². The molecule has 0 aliphatic heterocycles. The molecule has 2 aromatic rings. The van der Waals surface area contributed by atoms with Crippen LogP contribution in [0.15, 0.2) is 31.0 Å². The topological polar surface area (TPSA) is 69.6 Å². The number of pyridine rings is 1. The van der Waals surface area contributed by atoms with E-state index in [4.69, 9.17) is 5.73 Å². The average Bonchev–Trinajstić information content (AvgIpc) is 2.82. The van der Waals surface area contributed by atoms with Crippen molar-refractivity contribution in [3.05, 3.63) is 36.5 Å². The van der Waals surface area contributed by atoms with Crippen molar-refractivity contribution in [3.63, 3.8) is 0 Å². The predicted octanol–water partition coefficient (Wildman–Crippen LogP) is 0.477. The summed E-state index contributed by atoms with van der Waals surface area (Å²) < 4.78 is 1.64. The second-order valence-corrected chi connectivity index (χ2v) is 3.80. The number of rotatable bonds is 2. The summed E-state index contributed by atoms with van der Waals surface area (Å²) in [5, 5.41) is 4.01. The van der Waals surface area contributed by atoms with E-state index in [1.807, 2.05) is 12.3 Å². The quantitative estimate of drug-likeness (QED) is 0.767. The molecule has 1 saturated carbocycles. The molecule has 5 heteroatoms. The average molecular weight is 201 g/mol. The summed E-state index contributed by atoms with van der Waals surface area (Å²) in [4.78, 5) is 8.19. The Kier molecular flexibility index (Phi) is 1.78. The van der Waals surface area contributed by atoms with Crippen LogP contribution >= 0.6 is 0 Å². The van der Waals surface area contributed by atoms with Crippen molar-refractivity contribution in [3.8, 4) is 5.82 Å². The van der Waals surface area contributed by atoms with E-state index in [1.165, 1.54) is 11.9 Å². The van der Waals surface area contributed by atoms with E-state index < -0.39 is 0 Å². The SMILES string of the molecule is N[C@@H]1C[C@H]1c1ccc(-n2cncn2)nc1. The van der Waals surface area contributed by atoms with Gasteiger partial charge in [-0.25, -0.2) is 14.6 Å². The highest BCUT2D eigenvalue weighted by Crippen LogP contribution is 2.38. The minimum absolute atomic E-state index is 0.323. The Balaban J connectivity index is 1.88. The first kappa shape index (κ1) is 8.55. The summed E-state index contributed by atoms with van der Waals surface area (Å²) in [6.07, 6.45) is 6.07. The molecule has 2 heterocycles. The van der Waals surface area contributed by atoms with Crippen LogP contribution in [-0.4, -0.2) is 25.8 Å². The van der Waals surface area contributed by atoms with Gasteiger partial charge in [0.1, 0.15) is 12.7 Å². The first-order valence-electron chi connectivity index (χ1n) is 4.91. The Morgan fingerprint density at radius 1 is 1.40 bits per heavy atom. The van der Waals surface area contributed by atoms with Gasteiger partial charge >= 0.3 is 0 Å². The lowest BCUT2D eigenvalue weighted by Crippen LogP contribution is -2.02. The molecule has 15 heavy (non-hydrogen) atoms. The van der Waals surface area contributed by atoms with Crippen molar-refractivity contribution in [1.29, 1.82) is 0 Å². The fraction of sp³-hybridized carbons (Fsp3) is 0.300. The molecule has 0 aromatic carbocycles. The lowest BCUT2D eigenvalue weighted by Gasteiger charge is -2.01. The van der Waals surface area contributed by atoms with Crippen LogP contribution in [0.1, 0.15) is 17.9 Å². The molecule has 1 fully saturated rings. The number of nitrogens with zero attached hydrogens (tertiary/aromatic N) is 4. The lowest BCUT2D eigenvalue weighted by atomic mass is 10.2. The van der Waals surface area contributed by atoms with E-state index in [1.54, 1.807) is 11.0 Å². The van der Waals surface area contributed by atoms with E-state index >= 15 is 0 Å². The van der Waals surface area contributed by atoms with Gasteiger partial charge in [0.15, 0.2) is 5.82 Å². The van der Waals surface area contributed by atoms with Crippen LogP contribution in [0.3, 0.4) is 0 Å². The standard InChI is InChI=1S/C10H11N5/c11-9-3-8(9)7-1-2-10(13-4-7)15-6-12-5-14-15/h1-2,4-6,8-9H,3,11H2/t8-,9+/m0/s1. The summed E-state index contributed by atoms with van der Waals surface area (Å²) in [6.45, 7) is 0. The summed E-state index contributed by atoms with van der Waals surface area (Å²) >= 11 is 0. The Hall–Kier alpha value is -1.75. The van der Waals surface area contributed by atoms with Gasteiger partial charge < -0.3 is 5.73 Å². The Morgan fingerprint density at radius 3 is 2.80 bits per heavy atom. The zero-order chi connectivity index (χ0) is 10.3. The number of aromatic nitrogens is 4. The second-order valence-electron chi connectivity index (χ2n) is 3.80. The molecule has 0 unspecified atom stereocenters. The van der Waals surface area contributed by atoms with Gasteiger partial charge in [0.05, 0.1) is 0 Å². The van der Waals surface area contributed by atoms with E-state index in [2.05, 4.69) is 21.1 Å². The Labute approximate surface area is 87.0 Å². The minimum Gasteiger partial charge on any atom is -0.327 e. The molecular weight excluding hydrogens is 190 g/mol. The lowest BCUT2D eigenvalue weighted by molar-refractivity contribution is 0.840. The van der Waals surface area contributed by atoms with Crippen LogP contribution < -0.4 is 5.73 Å². The molecule has 2 N–H and O–H groups in total. The summed E-state index contributed by atoms with van der Waals surface area (Å²) in [7, 11) is 0. The smallest absolute Gasteiger partial charge is 0.155 e. The van der Waals surface area contributed by atoms with E-state index in [0.29, 0.717) is 12.0 Å². The van der Waals surface area contributed by atoms with Crippen LogP contribution in [0.25, 0.3) is 5.82 Å². The Morgan fingerprint density at radius 2 is 2.27 bits per heavy atom. The van der Waals surface area contributed by atoms with Gasteiger partial charge in [0.2, 0.25) is 0 Å². The third-order valence-electron chi connectivity index (χ3n) is 2.69. The van der Waals surface area contributed by atoms with Crippen LogP contribution in [0.2, 0.25) is 0 Å². The predicted molar refractivity (Wildman–Crippen MR) is 54.5 cm³/mol. The van der Waals surface area contributed by atoms with E-state index in [-0.39, 0.29) is 0 Å². The van der Waals surface area contributed by atoms with Gasteiger partial charge in [-0.1, -0.05) is 6.07 Å². The largest absolute Gasteiger partial charge is 0.327 e. The van der Waals surface area contributed by atoms with Crippen molar-refractivity contribution >= 4 is 0 Å². The molecule has 2 aromatic heterocycles. The third kappa shape index (κ3) is 1.50. The maximum Gasteiger partial charge on any atom is 0.155 e. The fourth-order valence-electron chi connectivity index (χ4n) is 1.68. The van der Waals surface area contributed by atoms with Crippen molar-refractivity contribution in [2.75, 3.05) is 0 Å². The summed E-state index contributed by atoms with van der Waals surface area (Å²) in [6, 6.07) is 4.32. The maximum atomic E-state index is 5.78. The molecule has 0 radical (unpaired) electrons. The van der Waals surface area contributed by atoms with Gasteiger partial charge in [0.25, 0.3) is 0 Å². The first-order valence-corrected chi connectivity index (χ1v) is 4.91. The van der Waals surface area contributed by atoms with Crippen LogP contribution in [-0.2, 0) is 0 Å². The molecule has 5 nitrogen and oxygen atoms in total. The van der Waals surface area contributed by atoms with Crippen molar-refractivity contribution in [2.45, 2.75) is 18.4 Å². The molecule has 0 amide bonds. The molecule has 0 saturated heterocycles. The second kappa shape index (κ2) is 3.13. The summed E-state index contributed by atoms with van der Waals surface area (Å²) in [5.74, 6) is 1.28. The molecule has 76 valence electrons. The molecule has 0 spiro atoms. The van der Waals surface area contributed by atoms with Crippen molar-refractivity contribution in [1.82, 2.24) is 19.7 Å². The monoisotopic (exact) mass is 201 g/mol. The molecular formula is C10H11N5. The first-order chi connectivity index (χ1) is 7.34. The highest BCUT2D eigenvalue weighted by atomic mass is 15.3. The normalized spacial score (nSPS) is 24.1. The van der Waals surface area contributed by atoms with Crippen molar-refractivity contribution in [2.24, 2.45) is 5.73 Å². The fourth-order valence-corrected chi connectivity index (χ4v) is 1.68. The number of hydrogen-bond donors (Lipinski definition) is 1. The molecule has 1 aliphatic carbocycles. The van der Waals surface area contributed by atoms with E-state index in [9.17, 15) is 0 Å². The van der Waals surface area contributed by atoms with Crippen LogP contribution in [0.5, 0.6) is 0 Å². The minimum atomic E-state index is 0.323. The van der Waals surface area contributed by atoms with Gasteiger partial charge in [-0.2, -0.15) is 5.10 Å². The highest BCUT2D eigenvalue weighted by Gasteiger charge is 2.34. The highest BCUT2D eigenvalue weighted by molar-refractivity contribution is 5.30. The molecule has 2 atom stereocenters. The van der Waals surface area contributed by atoms with Gasteiger partial charge in [0, 0.05) is 18.2 Å².